The van der Waals surface area contributed by atoms with E-state index in [0.29, 0.717) is 11.6 Å². The number of H-pyrrole nitrogens is 1. The summed E-state index contributed by atoms with van der Waals surface area (Å²) in [5.41, 5.74) is 7.45. The molecule has 1 aliphatic rings. The maximum atomic E-state index is 12.2. The van der Waals surface area contributed by atoms with Gasteiger partial charge >= 0.3 is 0 Å². The normalized spacial score (nSPS) is 25.0. The third-order valence-electron chi connectivity index (χ3n) is 3.53. The van der Waals surface area contributed by atoms with Gasteiger partial charge in [0.15, 0.2) is 0 Å². The highest BCUT2D eigenvalue weighted by atomic mass is 16.2. The minimum absolute atomic E-state index is 0.0136. The molecule has 0 radical (unpaired) electrons. The van der Waals surface area contributed by atoms with Crippen molar-refractivity contribution in [1.29, 1.82) is 0 Å². The summed E-state index contributed by atoms with van der Waals surface area (Å²) in [5, 5.41) is 6.81. The molecule has 1 amide bonds. The van der Waals surface area contributed by atoms with Gasteiger partial charge in [-0.2, -0.15) is 5.10 Å². The largest absolute Gasteiger partial charge is 0.337 e. The van der Waals surface area contributed by atoms with Crippen molar-refractivity contribution in [2.45, 2.75) is 32.7 Å². The second-order valence-electron chi connectivity index (χ2n) is 4.81. The molecule has 3 N–H and O–H groups in total. The van der Waals surface area contributed by atoms with Crippen LogP contribution in [0.4, 0.5) is 0 Å². The van der Waals surface area contributed by atoms with Gasteiger partial charge in [0.2, 0.25) is 0 Å². The van der Waals surface area contributed by atoms with Gasteiger partial charge < -0.3 is 10.6 Å². The monoisotopic (exact) mass is 236 g/mol. The average molecular weight is 236 g/mol. The quantitative estimate of drug-likeness (QED) is 0.801. The zero-order valence-corrected chi connectivity index (χ0v) is 10.4. The summed E-state index contributed by atoms with van der Waals surface area (Å²) in [7, 11) is 0. The summed E-state index contributed by atoms with van der Waals surface area (Å²) < 4.78 is 0. The van der Waals surface area contributed by atoms with Gasteiger partial charge in [0.25, 0.3) is 5.91 Å². The molecule has 94 valence electrons. The summed E-state index contributed by atoms with van der Waals surface area (Å²) in [5.74, 6) is 0.424. The van der Waals surface area contributed by atoms with Crippen molar-refractivity contribution in [1.82, 2.24) is 15.1 Å². The zero-order chi connectivity index (χ0) is 12.4. The number of hydrogen-bond acceptors (Lipinski definition) is 3. The molecular weight excluding hydrogens is 216 g/mol. The number of amides is 1. The van der Waals surface area contributed by atoms with Crippen molar-refractivity contribution in [2.24, 2.45) is 11.7 Å². The first-order chi connectivity index (χ1) is 8.11. The number of likely N-dealkylation sites (tertiary alicyclic amines) is 1. The first-order valence-corrected chi connectivity index (χ1v) is 6.18. The molecule has 2 rings (SSSR count). The van der Waals surface area contributed by atoms with E-state index in [1.807, 2.05) is 11.8 Å². The number of nitrogens with one attached hydrogen (secondary N) is 1. The average Bonchev–Trinajstić information content (AvgIpc) is 2.75. The highest BCUT2D eigenvalue weighted by Crippen LogP contribution is 2.20. The SMILES string of the molecule is CCC1CN(C(=O)c2cc(C)[nH]n2)CCC1N. The van der Waals surface area contributed by atoms with E-state index in [-0.39, 0.29) is 11.9 Å². The van der Waals surface area contributed by atoms with E-state index in [9.17, 15) is 4.79 Å². The van der Waals surface area contributed by atoms with Gasteiger partial charge in [0, 0.05) is 24.8 Å². The van der Waals surface area contributed by atoms with Gasteiger partial charge in [0.1, 0.15) is 5.69 Å². The van der Waals surface area contributed by atoms with Crippen molar-refractivity contribution in [3.8, 4) is 0 Å². The van der Waals surface area contributed by atoms with Gasteiger partial charge in [-0.05, 0) is 25.3 Å². The fourth-order valence-corrected chi connectivity index (χ4v) is 2.36. The third kappa shape index (κ3) is 2.49. The summed E-state index contributed by atoms with van der Waals surface area (Å²) in [6.45, 7) is 5.51. The van der Waals surface area contributed by atoms with Gasteiger partial charge in [-0.15, -0.1) is 0 Å². The lowest BCUT2D eigenvalue weighted by Crippen LogP contribution is -2.49. The molecule has 1 saturated heterocycles. The molecular formula is C12H20N4O. The standard InChI is InChI=1S/C12H20N4O/c1-3-9-7-16(5-4-10(9)13)12(17)11-6-8(2)14-15-11/h6,9-10H,3-5,7,13H2,1-2H3,(H,14,15). The molecule has 5 nitrogen and oxygen atoms in total. The van der Waals surface area contributed by atoms with Crippen molar-refractivity contribution in [2.75, 3.05) is 13.1 Å². The number of aromatic nitrogens is 2. The molecule has 0 saturated carbocycles. The number of hydrogen-bond donors (Lipinski definition) is 2. The van der Waals surface area contributed by atoms with Gasteiger partial charge in [-0.1, -0.05) is 13.3 Å². The van der Waals surface area contributed by atoms with E-state index >= 15 is 0 Å². The van der Waals surface area contributed by atoms with Crippen LogP contribution in [-0.4, -0.2) is 40.1 Å². The molecule has 2 heterocycles. The minimum atomic E-state index is 0.0136. The Balaban J connectivity index is 2.05. The van der Waals surface area contributed by atoms with Crippen LogP contribution in [0.15, 0.2) is 6.07 Å². The molecule has 2 unspecified atom stereocenters. The van der Waals surface area contributed by atoms with Crippen molar-refractivity contribution in [3.05, 3.63) is 17.5 Å². The molecule has 0 bridgehead atoms. The topological polar surface area (TPSA) is 75.0 Å². The maximum Gasteiger partial charge on any atom is 0.274 e. The Morgan fingerprint density at radius 2 is 2.47 bits per heavy atom. The zero-order valence-electron chi connectivity index (χ0n) is 10.4. The van der Waals surface area contributed by atoms with Crippen LogP contribution < -0.4 is 5.73 Å². The Hall–Kier alpha value is -1.36. The van der Waals surface area contributed by atoms with Gasteiger partial charge in [-0.3, -0.25) is 9.89 Å². The van der Waals surface area contributed by atoms with Crippen LogP contribution in [0.5, 0.6) is 0 Å². The van der Waals surface area contributed by atoms with E-state index in [4.69, 9.17) is 5.73 Å². The Labute approximate surface area is 101 Å². The Morgan fingerprint density at radius 3 is 3.06 bits per heavy atom. The van der Waals surface area contributed by atoms with Crippen molar-refractivity contribution < 1.29 is 4.79 Å². The van der Waals surface area contributed by atoms with Crippen LogP contribution >= 0.6 is 0 Å². The molecule has 5 heteroatoms. The smallest absolute Gasteiger partial charge is 0.274 e. The van der Waals surface area contributed by atoms with Crippen LogP contribution in [0.3, 0.4) is 0 Å². The van der Waals surface area contributed by atoms with Crippen molar-refractivity contribution >= 4 is 5.91 Å². The van der Waals surface area contributed by atoms with E-state index in [1.165, 1.54) is 0 Å². The highest BCUT2D eigenvalue weighted by molar-refractivity contribution is 5.92. The Kier molecular flexibility index (Phi) is 3.47. The Bertz CT molecular complexity index is 401. The van der Waals surface area contributed by atoms with E-state index in [2.05, 4.69) is 17.1 Å². The van der Waals surface area contributed by atoms with Crippen LogP contribution in [-0.2, 0) is 0 Å². The van der Waals surface area contributed by atoms with E-state index < -0.39 is 0 Å². The van der Waals surface area contributed by atoms with Crippen LogP contribution in [0.1, 0.15) is 35.9 Å². The minimum Gasteiger partial charge on any atom is -0.337 e. The number of nitrogens with zero attached hydrogens (tertiary/aromatic N) is 2. The fourth-order valence-electron chi connectivity index (χ4n) is 2.36. The number of carbonyl (C=O) groups excluding carboxylic acids is 1. The molecule has 1 aliphatic heterocycles. The lowest BCUT2D eigenvalue weighted by Gasteiger charge is -2.36. The second-order valence-corrected chi connectivity index (χ2v) is 4.81. The molecule has 2 atom stereocenters. The number of nitrogens with two attached hydrogens (primary N) is 1. The number of aromatic amines is 1. The molecule has 1 fully saturated rings. The van der Waals surface area contributed by atoms with Crippen molar-refractivity contribution in [3.63, 3.8) is 0 Å². The molecule has 1 aromatic heterocycles. The molecule has 17 heavy (non-hydrogen) atoms. The number of aryl methyl sites for hydroxylation is 1. The van der Waals surface area contributed by atoms with Crippen LogP contribution in [0, 0.1) is 12.8 Å². The van der Waals surface area contributed by atoms with E-state index in [1.54, 1.807) is 6.07 Å². The summed E-state index contributed by atoms with van der Waals surface area (Å²) in [6, 6.07) is 2.02. The molecule has 0 spiro atoms. The summed E-state index contributed by atoms with van der Waals surface area (Å²) >= 11 is 0. The molecule has 0 aliphatic carbocycles. The first-order valence-electron chi connectivity index (χ1n) is 6.18. The second kappa shape index (κ2) is 4.87. The number of piperidine rings is 1. The molecule has 1 aromatic rings. The lowest BCUT2D eigenvalue weighted by atomic mass is 9.90. The number of carbonyl (C=O) groups is 1. The van der Waals surface area contributed by atoms with Gasteiger partial charge in [-0.25, -0.2) is 0 Å². The predicted molar refractivity (Wildman–Crippen MR) is 65.6 cm³/mol. The predicted octanol–water partition coefficient (Wildman–Crippen LogP) is 0.918. The first kappa shape index (κ1) is 12.1. The van der Waals surface area contributed by atoms with Gasteiger partial charge in [0.05, 0.1) is 0 Å². The number of rotatable bonds is 2. The molecule has 0 aromatic carbocycles. The summed E-state index contributed by atoms with van der Waals surface area (Å²) in [4.78, 5) is 14.1. The third-order valence-corrected chi connectivity index (χ3v) is 3.53. The fraction of sp³-hybridized carbons (Fsp3) is 0.667. The summed E-state index contributed by atoms with van der Waals surface area (Å²) in [6.07, 6.45) is 1.90. The van der Waals surface area contributed by atoms with Crippen LogP contribution in [0.2, 0.25) is 0 Å². The van der Waals surface area contributed by atoms with Crippen LogP contribution in [0.25, 0.3) is 0 Å². The Morgan fingerprint density at radius 1 is 1.71 bits per heavy atom. The lowest BCUT2D eigenvalue weighted by molar-refractivity contribution is 0.0643. The van der Waals surface area contributed by atoms with E-state index in [0.717, 1.165) is 31.6 Å². The maximum absolute atomic E-state index is 12.2. The highest BCUT2D eigenvalue weighted by Gasteiger charge is 2.29.